The summed E-state index contributed by atoms with van der Waals surface area (Å²) in [6.07, 6.45) is 4.33. The Kier molecular flexibility index (Phi) is 4.57. The summed E-state index contributed by atoms with van der Waals surface area (Å²) in [5.74, 6) is 0.391. The van der Waals surface area contributed by atoms with Crippen molar-refractivity contribution in [3.63, 3.8) is 0 Å². The molecule has 4 heterocycles. The molecule has 1 saturated heterocycles. The van der Waals surface area contributed by atoms with E-state index in [2.05, 4.69) is 15.4 Å². The van der Waals surface area contributed by atoms with Crippen molar-refractivity contribution in [3.8, 4) is 0 Å². The van der Waals surface area contributed by atoms with Crippen LogP contribution < -0.4 is 5.32 Å². The molecule has 1 atom stereocenters. The maximum absolute atomic E-state index is 13.1. The second kappa shape index (κ2) is 7.16. The monoisotopic (exact) mass is 425 g/mol. The number of fused-ring (bicyclic) bond motifs is 1. The van der Waals surface area contributed by atoms with Gasteiger partial charge in [0, 0.05) is 17.8 Å². The van der Waals surface area contributed by atoms with Gasteiger partial charge in [-0.25, -0.2) is 18.1 Å². The van der Waals surface area contributed by atoms with Gasteiger partial charge in [-0.1, -0.05) is 6.07 Å². The first kappa shape index (κ1) is 19.2. The number of carbonyl (C=O) groups is 1. The third-order valence-electron chi connectivity index (χ3n) is 5.81. The van der Waals surface area contributed by atoms with Crippen molar-refractivity contribution in [2.45, 2.75) is 44.7 Å². The van der Waals surface area contributed by atoms with Crippen molar-refractivity contribution < 1.29 is 13.2 Å². The zero-order valence-corrected chi connectivity index (χ0v) is 17.5. The normalized spacial score (nSPS) is 20.5. The number of amides is 1. The van der Waals surface area contributed by atoms with Crippen molar-refractivity contribution >= 4 is 26.8 Å². The van der Waals surface area contributed by atoms with Crippen LogP contribution in [0.1, 0.15) is 58.7 Å². The van der Waals surface area contributed by atoms with Crippen LogP contribution in [0, 0.1) is 6.92 Å². The van der Waals surface area contributed by atoms with Crippen molar-refractivity contribution in [1.29, 1.82) is 0 Å². The molecule has 0 radical (unpaired) electrons. The quantitative estimate of drug-likeness (QED) is 0.672. The van der Waals surface area contributed by atoms with Gasteiger partial charge in [-0.2, -0.15) is 5.10 Å². The van der Waals surface area contributed by atoms with Gasteiger partial charge in [0.1, 0.15) is 0 Å². The molecule has 1 amide bonds. The minimum atomic E-state index is -3.06. The van der Waals surface area contributed by atoms with Crippen molar-refractivity contribution in [3.05, 3.63) is 53.1 Å². The molecule has 1 aliphatic heterocycles. The van der Waals surface area contributed by atoms with Crippen LogP contribution >= 0.6 is 0 Å². The van der Waals surface area contributed by atoms with Gasteiger partial charge in [-0.3, -0.25) is 9.78 Å². The minimum Gasteiger partial charge on any atom is -0.346 e. The average Bonchev–Trinajstić information content (AvgIpc) is 3.45. The molecular weight excluding hydrogens is 402 g/mol. The smallest absolute Gasteiger partial charge is 0.252 e. The number of aryl methyl sites for hydroxylation is 1. The van der Waals surface area contributed by atoms with Gasteiger partial charge < -0.3 is 5.32 Å². The lowest BCUT2D eigenvalue weighted by Crippen LogP contribution is -2.24. The van der Waals surface area contributed by atoms with E-state index in [0.29, 0.717) is 41.2 Å². The van der Waals surface area contributed by atoms with E-state index in [0.717, 1.165) is 24.2 Å². The van der Waals surface area contributed by atoms with E-state index in [9.17, 15) is 13.2 Å². The van der Waals surface area contributed by atoms with E-state index in [1.165, 1.54) is 0 Å². The zero-order valence-electron chi connectivity index (χ0n) is 16.7. The minimum absolute atomic E-state index is 0.0692. The van der Waals surface area contributed by atoms with Crippen LogP contribution in [0.15, 0.2) is 30.5 Å². The SMILES string of the molecule is Cc1nn(C2CCS(=O)(=O)C2)c2nc(C3CC3)cc(C(=O)NCc3ccccn3)c12. The summed E-state index contributed by atoms with van der Waals surface area (Å²) >= 11 is 0. The van der Waals surface area contributed by atoms with Gasteiger partial charge in [0.2, 0.25) is 0 Å². The van der Waals surface area contributed by atoms with Crippen LogP contribution in [0.5, 0.6) is 0 Å². The number of aromatic nitrogens is 4. The van der Waals surface area contributed by atoms with E-state index < -0.39 is 9.84 Å². The molecule has 1 unspecified atom stereocenters. The highest BCUT2D eigenvalue weighted by atomic mass is 32.2. The highest BCUT2D eigenvalue weighted by Crippen LogP contribution is 2.41. The van der Waals surface area contributed by atoms with Gasteiger partial charge in [0.25, 0.3) is 5.91 Å². The van der Waals surface area contributed by atoms with E-state index >= 15 is 0 Å². The standard InChI is InChI=1S/C21H23N5O3S/c1-13-19-17(21(27)23-11-15-4-2-3-8-22-15)10-18(14-5-6-14)24-20(19)26(25-13)16-7-9-30(28,29)12-16/h2-4,8,10,14,16H,5-7,9,11-12H2,1H3,(H,23,27). The maximum atomic E-state index is 13.1. The number of hydrogen-bond donors (Lipinski definition) is 1. The molecule has 1 saturated carbocycles. The molecule has 9 heteroatoms. The number of sulfone groups is 1. The van der Waals surface area contributed by atoms with Crippen LogP contribution in [0.4, 0.5) is 0 Å². The van der Waals surface area contributed by atoms with Gasteiger partial charge in [-0.15, -0.1) is 0 Å². The number of nitrogens with zero attached hydrogens (tertiary/aromatic N) is 4. The van der Waals surface area contributed by atoms with Gasteiger partial charge in [0.15, 0.2) is 15.5 Å². The fraction of sp³-hybridized carbons (Fsp3) is 0.429. The lowest BCUT2D eigenvalue weighted by atomic mass is 10.1. The van der Waals surface area contributed by atoms with E-state index in [1.807, 2.05) is 31.2 Å². The fourth-order valence-electron chi connectivity index (χ4n) is 4.09. The van der Waals surface area contributed by atoms with Gasteiger partial charge in [-0.05, 0) is 44.4 Å². The molecule has 3 aromatic heterocycles. The summed E-state index contributed by atoms with van der Waals surface area (Å²) in [6, 6.07) is 7.21. The van der Waals surface area contributed by atoms with Crippen LogP contribution in [0.25, 0.3) is 11.0 Å². The van der Waals surface area contributed by atoms with Gasteiger partial charge in [0.05, 0.1) is 46.4 Å². The number of hydrogen-bond acceptors (Lipinski definition) is 6. The van der Waals surface area contributed by atoms with E-state index in [1.54, 1.807) is 10.9 Å². The first-order valence-electron chi connectivity index (χ1n) is 10.2. The topological polar surface area (TPSA) is 107 Å². The summed E-state index contributed by atoms with van der Waals surface area (Å²) in [5.41, 5.74) is 3.51. The third-order valence-corrected chi connectivity index (χ3v) is 7.56. The maximum Gasteiger partial charge on any atom is 0.252 e. The average molecular weight is 426 g/mol. The lowest BCUT2D eigenvalue weighted by molar-refractivity contribution is 0.0952. The highest BCUT2D eigenvalue weighted by molar-refractivity contribution is 7.91. The first-order valence-corrected chi connectivity index (χ1v) is 12.0. The zero-order chi connectivity index (χ0) is 20.9. The molecular formula is C21H23N5O3S. The Labute approximate surface area is 174 Å². The Bertz CT molecular complexity index is 1230. The molecule has 2 fully saturated rings. The van der Waals surface area contributed by atoms with E-state index in [4.69, 9.17) is 4.98 Å². The molecule has 1 N–H and O–H groups in total. The first-order chi connectivity index (χ1) is 14.4. The Hall–Kier alpha value is -2.81. The number of pyridine rings is 2. The fourth-order valence-corrected chi connectivity index (χ4v) is 5.78. The van der Waals surface area contributed by atoms with Gasteiger partial charge >= 0.3 is 0 Å². The van der Waals surface area contributed by atoms with Crippen LogP contribution in [-0.4, -0.2) is 45.6 Å². The second-order valence-electron chi connectivity index (χ2n) is 8.16. The Morgan fingerprint density at radius 3 is 2.77 bits per heavy atom. The predicted octanol–water partition coefficient (Wildman–Crippen LogP) is 2.30. The Morgan fingerprint density at radius 1 is 1.27 bits per heavy atom. The summed E-state index contributed by atoms with van der Waals surface area (Å²) in [7, 11) is -3.06. The van der Waals surface area contributed by atoms with Crippen LogP contribution in [0.2, 0.25) is 0 Å². The Balaban J connectivity index is 1.55. The van der Waals surface area contributed by atoms with Crippen molar-refractivity contribution in [2.24, 2.45) is 0 Å². The summed E-state index contributed by atoms with van der Waals surface area (Å²) in [4.78, 5) is 22.2. The molecule has 3 aromatic rings. The van der Waals surface area contributed by atoms with Crippen LogP contribution in [0.3, 0.4) is 0 Å². The molecule has 0 spiro atoms. The molecule has 5 rings (SSSR count). The number of rotatable bonds is 5. The van der Waals surface area contributed by atoms with E-state index in [-0.39, 0.29) is 23.5 Å². The van der Waals surface area contributed by atoms with Crippen molar-refractivity contribution in [2.75, 3.05) is 11.5 Å². The third kappa shape index (κ3) is 3.58. The summed E-state index contributed by atoms with van der Waals surface area (Å²) in [6.45, 7) is 2.17. The molecule has 2 aliphatic rings. The molecule has 156 valence electrons. The predicted molar refractivity (Wildman–Crippen MR) is 112 cm³/mol. The largest absolute Gasteiger partial charge is 0.346 e. The molecule has 0 bridgehead atoms. The lowest BCUT2D eigenvalue weighted by Gasteiger charge is -2.12. The number of carbonyl (C=O) groups excluding carboxylic acids is 1. The van der Waals surface area contributed by atoms with Crippen LogP contribution in [-0.2, 0) is 16.4 Å². The molecule has 0 aromatic carbocycles. The molecule has 8 nitrogen and oxygen atoms in total. The summed E-state index contributed by atoms with van der Waals surface area (Å²) in [5, 5.41) is 8.26. The van der Waals surface area contributed by atoms with Crippen molar-refractivity contribution in [1.82, 2.24) is 25.1 Å². The summed E-state index contributed by atoms with van der Waals surface area (Å²) < 4.78 is 25.7. The molecule has 30 heavy (non-hydrogen) atoms. The Morgan fingerprint density at radius 2 is 2.10 bits per heavy atom. The highest BCUT2D eigenvalue weighted by Gasteiger charge is 2.34. The number of nitrogens with one attached hydrogen (secondary N) is 1. The second-order valence-corrected chi connectivity index (χ2v) is 10.4. The molecule has 1 aliphatic carbocycles.